The third-order valence-corrected chi connectivity index (χ3v) is 6.58. The number of halogens is 1. The lowest BCUT2D eigenvalue weighted by Gasteiger charge is -2.52. The van der Waals surface area contributed by atoms with Crippen LogP contribution in [0, 0.1) is 23.6 Å². The number of rotatable bonds is 4. The number of ether oxygens (including phenoxy) is 1. The van der Waals surface area contributed by atoms with Gasteiger partial charge < -0.3 is 10.1 Å². The highest BCUT2D eigenvalue weighted by Crippen LogP contribution is 2.44. The molecule has 1 N–H and O–H groups in total. The van der Waals surface area contributed by atoms with Gasteiger partial charge in [-0.25, -0.2) is 9.18 Å². The van der Waals surface area contributed by atoms with E-state index in [0.29, 0.717) is 11.6 Å². The van der Waals surface area contributed by atoms with Crippen LogP contribution in [0.1, 0.15) is 41.3 Å². The maximum atomic E-state index is 14.6. The summed E-state index contributed by atoms with van der Waals surface area (Å²) in [6.07, 6.45) is 3.12. The molecule has 0 radical (unpaired) electrons. The lowest BCUT2D eigenvalue weighted by molar-refractivity contribution is -0.0117. The number of methoxy groups -OCH3 is 1. The van der Waals surface area contributed by atoms with E-state index in [9.17, 15) is 9.18 Å². The Morgan fingerprint density at radius 2 is 2.12 bits per heavy atom. The summed E-state index contributed by atoms with van der Waals surface area (Å²) in [4.78, 5) is 14.3. The molecule has 4 nitrogen and oxygen atoms in total. The van der Waals surface area contributed by atoms with Crippen LogP contribution in [0.3, 0.4) is 0 Å². The van der Waals surface area contributed by atoms with Crippen molar-refractivity contribution >= 4 is 5.97 Å². The molecule has 3 atom stereocenters. The molecule has 2 heterocycles. The van der Waals surface area contributed by atoms with Crippen molar-refractivity contribution in [2.45, 2.75) is 38.8 Å². The van der Waals surface area contributed by atoms with Gasteiger partial charge in [0, 0.05) is 19.1 Å². The molecule has 2 aliphatic heterocycles. The van der Waals surface area contributed by atoms with Crippen LogP contribution in [0.15, 0.2) is 12.1 Å². The van der Waals surface area contributed by atoms with Crippen LogP contribution >= 0.6 is 0 Å². The van der Waals surface area contributed by atoms with Crippen molar-refractivity contribution < 1.29 is 13.9 Å². The molecule has 0 aromatic heterocycles. The Hall–Kier alpha value is -1.46. The first kappa shape index (κ1) is 17.0. The normalized spacial score (nSPS) is 31.2. The molecule has 4 rings (SSSR count). The third-order valence-electron chi connectivity index (χ3n) is 6.58. The summed E-state index contributed by atoms with van der Waals surface area (Å²) in [5, 5.41) is 3.51. The Balaban J connectivity index is 1.57. The van der Waals surface area contributed by atoms with E-state index in [1.807, 2.05) is 6.07 Å². The lowest BCUT2D eigenvalue weighted by atomic mass is 9.62. The maximum Gasteiger partial charge on any atom is 0.337 e. The fourth-order valence-corrected chi connectivity index (χ4v) is 5.05. The molecule has 1 aliphatic carbocycles. The van der Waals surface area contributed by atoms with Gasteiger partial charge in [0.15, 0.2) is 0 Å². The summed E-state index contributed by atoms with van der Waals surface area (Å²) in [6, 6.07) is 3.54. The Bertz CT molecular complexity index is 664. The largest absolute Gasteiger partial charge is 0.465 e. The first-order chi connectivity index (χ1) is 12.1. The number of fused-ring (bicyclic) bond motifs is 3. The van der Waals surface area contributed by atoms with Gasteiger partial charge in [0.05, 0.1) is 12.7 Å². The van der Waals surface area contributed by atoms with Crippen LogP contribution < -0.4 is 5.32 Å². The second-order valence-corrected chi connectivity index (χ2v) is 7.86. The topological polar surface area (TPSA) is 41.6 Å². The molecule has 1 aromatic carbocycles. The van der Waals surface area contributed by atoms with Gasteiger partial charge in [-0.3, -0.25) is 4.90 Å². The quantitative estimate of drug-likeness (QED) is 0.851. The Morgan fingerprint density at radius 1 is 1.36 bits per heavy atom. The number of nitrogens with zero attached hydrogens (tertiary/aromatic N) is 1. The third kappa shape index (κ3) is 2.97. The van der Waals surface area contributed by atoms with E-state index in [2.05, 4.69) is 17.1 Å². The molecular formula is C20H27FN2O2. The molecule has 5 heteroatoms. The second-order valence-electron chi connectivity index (χ2n) is 7.86. The highest BCUT2D eigenvalue weighted by atomic mass is 19.1. The average Bonchev–Trinajstić information content (AvgIpc) is 2.65. The number of nitrogens with one attached hydrogen (secondary N) is 1. The summed E-state index contributed by atoms with van der Waals surface area (Å²) in [6.45, 7) is 6.30. The van der Waals surface area contributed by atoms with E-state index in [4.69, 9.17) is 4.74 Å². The van der Waals surface area contributed by atoms with Crippen LogP contribution in [0.4, 0.5) is 4.39 Å². The molecular weight excluding hydrogens is 319 g/mol. The van der Waals surface area contributed by atoms with Crippen LogP contribution in [0.5, 0.6) is 0 Å². The number of carbonyl (C=O) groups excluding carboxylic acids is 1. The van der Waals surface area contributed by atoms with Crippen LogP contribution in [0.25, 0.3) is 0 Å². The van der Waals surface area contributed by atoms with E-state index in [-0.39, 0.29) is 5.82 Å². The van der Waals surface area contributed by atoms with Gasteiger partial charge in [-0.15, -0.1) is 0 Å². The number of benzene rings is 1. The number of esters is 1. The number of piperidine rings is 2. The molecule has 2 fully saturated rings. The second kappa shape index (κ2) is 6.69. The highest BCUT2D eigenvalue weighted by Gasteiger charge is 2.45. The van der Waals surface area contributed by atoms with Crippen molar-refractivity contribution in [3.05, 3.63) is 34.6 Å². The van der Waals surface area contributed by atoms with E-state index in [1.165, 1.54) is 19.6 Å². The summed E-state index contributed by atoms with van der Waals surface area (Å²) in [5.41, 5.74) is 2.05. The van der Waals surface area contributed by atoms with E-state index < -0.39 is 5.97 Å². The molecule has 0 amide bonds. The SMILES string of the molecule is CC[C@H]1Cc2c(F)cc(C(=O)OC)cc2CN1CC1C2CNCC1C2. The Labute approximate surface area is 148 Å². The first-order valence-corrected chi connectivity index (χ1v) is 9.45. The fourth-order valence-electron chi connectivity index (χ4n) is 5.05. The van der Waals surface area contributed by atoms with Gasteiger partial charge in [0.1, 0.15) is 5.82 Å². The standard InChI is InChI=1S/C20H27FN2O2/c1-3-16-7-17-15(4-12(6-19(17)21)20(24)25-2)10-23(16)11-18-13-5-14(18)9-22-8-13/h4,6,13-14,16,18,22H,3,5,7-11H2,1-2H3/t13?,14?,16-,18?/m0/s1. The predicted molar refractivity (Wildman–Crippen MR) is 93.9 cm³/mol. The van der Waals surface area contributed by atoms with Gasteiger partial charge in [-0.05, 0) is 73.4 Å². The van der Waals surface area contributed by atoms with Crippen molar-refractivity contribution in [3.63, 3.8) is 0 Å². The van der Waals surface area contributed by atoms with Gasteiger partial charge in [-0.1, -0.05) is 6.92 Å². The lowest BCUT2D eigenvalue weighted by Crippen LogP contribution is -2.58. The summed E-state index contributed by atoms with van der Waals surface area (Å²) >= 11 is 0. The maximum absolute atomic E-state index is 14.6. The van der Waals surface area contributed by atoms with Gasteiger partial charge in [0.25, 0.3) is 0 Å². The zero-order valence-corrected chi connectivity index (χ0v) is 15.1. The molecule has 2 unspecified atom stereocenters. The molecule has 25 heavy (non-hydrogen) atoms. The van der Waals surface area contributed by atoms with E-state index >= 15 is 0 Å². The minimum Gasteiger partial charge on any atom is -0.465 e. The predicted octanol–water partition coefficient (Wildman–Crippen LogP) is 2.60. The minimum absolute atomic E-state index is 0.263. The Kier molecular flexibility index (Phi) is 4.54. The van der Waals surface area contributed by atoms with Gasteiger partial charge in [0.2, 0.25) is 0 Å². The molecule has 0 spiro atoms. The molecule has 1 saturated carbocycles. The van der Waals surface area contributed by atoms with E-state index in [1.54, 1.807) is 0 Å². The molecule has 136 valence electrons. The molecule has 3 aliphatic rings. The van der Waals surface area contributed by atoms with Crippen molar-refractivity contribution in [2.24, 2.45) is 17.8 Å². The monoisotopic (exact) mass is 346 g/mol. The summed E-state index contributed by atoms with van der Waals surface area (Å²) in [5.74, 6) is 1.64. The number of hydrogen-bond donors (Lipinski definition) is 1. The fraction of sp³-hybridized carbons (Fsp3) is 0.650. The van der Waals surface area contributed by atoms with E-state index in [0.717, 1.165) is 67.9 Å². The van der Waals surface area contributed by atoms with Crippen molar-refractivity contribution in [1.82, 2.24) is 10.2 Å². The number of carbonyl (C=O) groups is 1. The smallest absolute Gasteiger partial charge is 0.337 e. The van der Waals surface area contributed by atoms with Crippen LogP contribution in [-0.4, -0.2) is 43.7 Å². The minimum atomic E-state index is -0.467. The van der Waals surface area contributed by atoms with Crippen LogP contribution in [-0.2, 0) is 17.7 Å². The van der Waals surface area contributed by atoms with Gasteiger partial charge >= 0.3 is 5.97 Å². The van der Waals surface area contributed by atoms with Crippen molar-refractivity contribution in [3.8, 4) is 0 Å². The summed E-state index contributed by atoms with van der Waals surface area (Å²) in [7, 11) is 1.34. The zero-order chi connectivity index (χ0) is 17.6. The average molecular weight is 346 g/mol. The zero-order valence-electron chi connectivity index (χ0n) is 15.1. The van der Waals surface area contributed by atoms with Gasteiger partial charge in [-0.2, -0.15) is 0 Å². The molecule has 1 saturated heterocycles. The Morgan fingerprint density at radius 3 is 2.76 bits per heavy atom. The molecule has 1 aromatic rings. The molecule has 2 bridgehead atoms. The highest BCUT2D eigenvalue weighted by molar-refractivity contribution is 5.89. The summed E-state index contributed by atoms with van der Waals surface area (Å²) < 4.78 is 19.3. The van der Waals surface area contributed by atoms with Crippen molar-refractivity contribution in [2.75, 3.05) is 26.7 Å². The van der Waals surface area contributed by atoms with Crippen molar-refractivity contribution in [1.29, 1.82) is 0 Å². The first-order valence-electron chi connectivity index (χ1n) is 9.45. The number of hydrogen-bond acceptors (Lipinski definition) is 4. The van der Waals surface area contributed by atoms with Crippen LogP contribution in [0.2, 0.25) is 0 Å².